The van der Waals surface area contributed by atoms with Crippen LogP contribution in [0.5, 0.6) is 0 Å². The summed E-state index contributed by atoms with van der Waals surface area (Å²) in [5.74, 6) is 0. The minimum atomic E-state index is 0.120. The third kappa shape index (κ3) is 3.32. The van der Waals surface area contributed by atoms with Gasteiger partial charge in [-0.05, 0) is 18.1 Å². The van der Waals surface area contributed by atoms with Crippen molar-refractivity contribution in [2.24, 2.45) is 5.73 Å². The molecule has 0 saturated carbocycles. The molecule has 2 nitrogen and oxygen atoms in total. The van der Waals surface area contributed by atoms with Crippen molar-refractivity contribution in [3.05, 3.63) is 42.0 Å². The molecule has 2 heteroatoms. The molecule has 0 fully saturated rings. The molecule has 0 aliphatic heterocycles. The molecule has 76 valence electrons. The van der Waals surface area contributed by atoms with Crippen molar-refractivity contribution in [1.29, 1.82) is 0 Å². The largest absolute Gasteiger partial charge is 0.373 e. The normalized spacial score (nSPS) is 12.4. The van der Waals surface area contributed by atoms with Crippen LogP contribution < -0.4 is 5.73 Å². The number of nitrogens with two attached hydrogens (primary N) is 1. The first-order valence-electron chi connectivity index (χ1n) is 4.79. The van der Waals surface area contributed by atoms with Crippen molar-refractivity contribution in [1.82, 2.24) is 0 Å². The second kappa shape index (κ2) is 5.58. The molecule has 1 rings (SSSR count). The molecule has 0 amide bonds. The Labute approximate surface area is 85.4 Å². The van der Waals surface area contributed by atoms with Crippen LogP contribution in [-0.2, 0) is 11.3 Å². The summed E-state index contributed by atoms with van der Waals surface area (Å²) in [6.45, 7) is 6.85. The molecule has 0 aliphatic rings. The van der Waals surface area contributed by atoms with Crippen LogP contribution in [0.4, 0.5) is 0 Å². The lowest BCUT2D eigenvalue weighted by atomic mass is 10.1. The summed E-state index contributed by atoms with van der Waals surface area (Å²) in [7, 11) is 0. The van der Waals surface area contributed by atoms with Crippen LogP contribution in [-0.4, -0.2) is 12.6 Å². The van der Waals surface area contributed by atoms with Crippen LogP contribution in [0.15, 0.2) is 30.8 Å². The number of benzene rings is 1. The van der Waals surface area contributed by atoms with Crippen LogP contribution in [0.3, 0.4) is 0 Å². The predicted octanol–water partition coefficient (Wildman–Crippen LogP) is 2.19. The second-order valence-electron chi connectivity index (χ2n) is 3.30. The van der Waals surface area contributed by atoms with Crippen LogP contribution in [0.25, 0.3) is 6.08 Å². The van der Waals surface area contributed by atoms with Gasteiger partial charge in [-0.25, -0.2) is 0 Å². The summed E-state index contributed by atoms with van der Waals surface area (Å²) in [6, 6.07) is 8.14. The van der Waals surface area contributed by atoms with Crippen molar-refractivity contribution >= 4 is 6.08 Å². The lowest BCUT2D eigenvalue weighted by Crippen LogP contribution is -2.19. The average molecular weight is 191 g/mol. The Hall–Kier alpha value is -1.12. The van der Waals surface area contributed by atoms with E-state index in [2.05, 4.69) is 6.58 Å². The van der Waals surface area contributed by atoms with E-state index in [0.29, 0.717) is 13.2 Å². The predicted molar refractivity (Wildman–Crippen MR) is 59.8 cm³/mol. The van der Waals surface area contributed by atoms with Crippen LogP contribution in [0.2, 0.25) is 0 Å². The highest BCUT2D eigenvalue weighted by Crippen LogP contribution is 2.07. The average Bonchev–Trinajstić information content (AvgIpc) is 2.26. The molecular weight excluding hydrogens is 174 g/mol. The topological polar surface area (TPSA) is 35.2 Å². The molecular formula is C12H17NO. The van der Waals surface area contributed by atoms with Crippen molar-refractivity contribution < 1.29 is 4.74 Å². The summed E-state index contributed by atoms with van der Waals surface area (Å²) in [5, 5.41) is 0. The maximum Gasteiger partial charge on any atom is 0.0721 e. The third-order valence-corrected chi connectivity index (χ3v) is 2.08. The van der Waals surface area contributed by atoms with Gasteiger partial charge in [-0.3, -0.25) is 0 Å². The van der Waals surface area contributed by atoms with Gasteiger partial charge in [-0.1, -0.05) is 36.9 Å². The molecule has 0 aromatic heterocycles. The third-order valence-electron chi connectivity index (χ3n) is 2.08. The Balaban J connectivity index is 2.47. The summed E-state index contributed by atoms with van der Waals surface area (Å²) >= 11 is 0. The molecule has 0 spiro atoms. The van der Waals surface area contributed by atoms with Gasteiger partial charge in [0.2, 0.25) is 0 Å². The van der Waals surface area contributed by atoms with Crippen molar-refractivity contribution in [3.8, 4) is 0 Å². The fourth-order valence-corrected chi connectivity index (χ4v) is 1.06. The summed E-state index contributed by atoms with van der Waals surface area (Å²) < 4.78 is 5.50. The first kappa shape index (κ1) is 11.0. The highest BCUT2D eigenvalue weighted by Gasteiger charge is 1.99. The monoisotopic (exact) mass is 191 g/mol. The quantitative estimate of drug-likeness (QED) is 0.774. The lowest BCUT2D eigenvalue weighted by Gasteiger charge is -2.10. The van der Waals surface area contributed by atoms with Gasteiger partial charge in [0.25, 0.3) is 0 Å². The van der Waals surface area contributed by atoms with E-state index in [0.717, 1.165) is 11.1 Å². The minimum absolute atomic E-state index is 0.120. The molecule has 1 atom stereocenters. The van der Waals surface area contributed by atoms with E-state index in [1.54, 1.807) is 0 Å². The van der Waals surface area contributed by atoms with Crippen LogP contribution >= 0.6 is 0 Å². The Morgan fingerprint density at radius 3 is 2.57 bits per heavy atom. The summed E-state index contributed by atoms with van der Waals surface area (Å²) in [4.78, 5) is 0. The number of hydrogen-bond donors (Lipinski definition) is 1. The fourth-order valence-electron chi connectivity index (χ4n) is 1.06. The van der Waals surface area contributed by atoms with E-state index in [4.69, 9.17) is 10.5 Å². The Bertz CT molecular complexity index is 279. The van der Waals surface area contributed by atoms with Gasteiger partial charge in [0.1, 0.15) is 0 Å². The van der Waals surface area contributed by atoms with Gasteiger partial charge < -0.3 is 10.5 Å². The highest BCUT2D eigenvalue weighted by atomic mass is 16.5. The Kier molecular flexibility index (Phi) is 4.36. The molecule has 1 unspecified atom stereocenters. The summed E-state index contributed by atoms with van der Waals surface area (Å²) in [5.41, 5.74) is 7.73. The van der Waals surface area contributed by atoms with Crippen molar-refractivity contribution in [2.45, 2.75) is 19.6 Å². The minimum Gasteiger partial charge on any atom is -0.373 e. The van der Waals surface area contributed by atoms with E-state index >= 15 is 0 Å². The molecule has 2 N–H and O–H groups in total. The zero-order chi connectivity index (χ0) is 10.4. The fraction of sp³-hybridized carbons (Fsp3) is 0.333. The van der Waals surface area contributed by atoms with E-state index in [9.17, 15) is 0 Å². The Morgan fingerprint density at radius 2 is 2.07 bits per heavy atom. The molecule has 14 heavy (non-hydrogen) atoms. The maximum atomic E-state index is 5.50. The summed E-state index contributed by atoms with van der Waals surface area (Å²) in [6.07, 6.45) is 1.95. The smallest absolute Gasteiger partial charge is 0.0721 e. The lowest BCUT2D eigenvalue weighted by molar-refractivity contribution is 0.0590. The maximum absolute atomic E-state index is 5.50. The molecule has 1 aromatic rings. The molecule has 0 saturated heterocycles. The van der Waals surface area contributed by atoms with Crippen molar-refractivity contribution in [3.63, 3.8) is 0 Å². The SMILES string of the molecule is C=Cc1ccc(COC(C)CN)cc1. The van der Waals surface area contributed by atoms with Gasteiger partial charge in [0, 0.05) is 6.54 Å². The standard InChI is InChI=1S/C12H17NO/c1-3-11-4-6-12(7-5-11)9-14-10(2)8-13/h3-7,10H,1,8-9,13H2,2H3. The molecule has 0 heterocycles. The van der Waals surface area contributed by atoms with Crippen molar-refractivity contribution in [2.75, 3.05) is 6.54 Å². The van der Waals surface area contributed by atoms with E-state index in [1.165, 1.54) is 0 Å². The van der Waals surface area contributed by atoms with Gasteiger partial charge in [-0.2, -0.15) is 0 Å². The second-order valence-corrected chi connectivity index (χ2v) is 3.30. The first-order valence-corrected chi connectivity index (χ1v) is 4.79. The number of hydrogen-bond acceptors (Lipinski definition) is 2. The van der Waals surface area contributed by atoms with E-state index < -0.39 is 0 Å². The van der Waals surface area contributed by atoms with Crippen LogP contribution in [0.1, 0.15) is 18.1 Å². The molecule has 1 aromatic carbocycles. The molecule has 0 aliphatic carbocycles. The number of rotatable bonds is 5. The van der Waals surface area contributed by atoms with E-state index in [-0.39, 0.29) is 6.10 Å². The van der Waals surface area contributed by atoms with E-state index in [1.807, 2.05) is 37.3 Å². The molecule has 0 radical (unpaired) electrons. The van der Waals surface area contributed by atoms with Gasteiger partial charge in [0.05, 0.1) is 12.7 Å². The van der Waals surface area contributed by atoms with Gasteiger partial charge >= 0.3 is 0 Å². The first-order chi connectivity index (χ1) is 6.76. The highest BCUT2D eigenvalue weighted by molar-refractivity contribution is 5.47. The zero-order valence-corrected chi connectivity index (χ0v) is 8.57. The Morgan fingerprint density at radius 1 is 1.43 bits per heavy atom. The molecule has 0 bridgehead atoms. The number of ether oxygens (including phenoxy) is 1. The van der Waals surface area contributed by atoms with Crippen LogP contribution in [0, 0.1) is 0 Å². The van der Waals surface area contributed by atoms with Gasteiger partial charge in [-0.15, -0.1) is 0 Å². The van der Waals surface area contributed by atoms with Gasteiger partial charge in [0.15, 0.2) is 0 Å². The zero-order valence-electron chi connectivity index (χ0n) is 8.57.